The van der Waals surface area contributed by atoms with Crippen molar-refractivity contribution in [2.24, 2.45) is 5.92 Å². The molecule has 1 saturated heterocycles. The summed E-state index contributed by atoms with van der Waals surface area (Å²) in [6, 6.07) is 3.95. The van der Waals surface area contributed by atoms with Gasteiger partial charge in [-0.05, 0) is 34.0 Å². The molecule has 2 rings (SSSR count). The molecule has 116 valence electrons. The molecule has 2 heterocycles. The Labute approximate surface area is 138 Å². The number of nitrogens with zero attached hydrogens (tertiary/aromatic N) is 2. The molecule has 21 heavy (non-hydrogen) atoms. The van der Waals surface area contributed by atoms with Crippen LogP contribution in [0, 0.1) is 5.92 Å². The molecule has 6 heteroatoms. The van der Waals surface area contributed by atoms with Gasteiger partial charge in [-0.15, -0.1) is 11.3 Å². The van der Waals surface area contributed by atoms with Crippen molar-refractivity contribution >= 4 is 39.1 Å². The Kier molecular flexibility index (Phi) is 5.81. The first-order valence-electron chi connectivity index (χ1n) is 7.25. The van der Waals surface area contributed by atoms with E-state index >= 15 is 0 Å². The van der Waals surface area contributed by atoms with E-state index in [0.717, 1.165) is 8.66 Å². The highest BCUT2D eigenvalue weighted by molar-refractivity contribution is 9.11. The molecule has 0 saturated carbocycles. The molecule has 0 unspecified atom stereocenters. The van der Waals surface area contributed by atoms with Gasteiger partial charge in [-0.2, -0.15) is 0 Å². The van der Waals surface area contributed by atoms with E-state index in [1.165, 1.54) is 0 Å². The van der Waals surface area contributed by atoms with E-state index in [0.29, 0.717) is 44.9 Å². The van der Waals surface area contributed by atoms with Gasteiger partial charge in [0.1, 0.15) is 0 Å². The fourth-order valence-corrected chi connectivity index (χ4v) is 3.87. The maximum atomic E-state index is 12.2. The lowest BCUT2D eigenvalue weighted by atomic mass is 10.1. The Morgan fingerprint density at radius 3 is 2.19 bits per heavy atom. The second-order valence-corrected chi connectivity index (χ2v) is 8.29. The van der Waals surface area contributed by atoms with E-state index in [2.05, 4.69) is 29.8 Å². The van der Waals surface area contributed by atoms with Crippen LogP contribution in [0.25, 0.3) is 0 Å². The first-order chi connectivity index (χ1) is 9.95. The van der Waals surface area contributed by atoms with E-state index in [4.69, 9.17) is 0 Å². The quantitative estimate of drug-likeness (QED) is 0.815. The lowest BCUT2D eigenvalue weighted by molar-refractivity contribution is -0.139. The minimum absolute atomic E-state index is 0.153. The van der Waals surface area contributed by atoms with E-state index < -0.39 is 0 Å². The molecule has 0 spiro atoms. The number of halogens is 1. The van der Waals surface area contributed by atoms with Crippen LogP contribution in [0.3, 0.4) is 0 Å². The standard InChI is InChI=1S/C15H21BrN2O2S/c1-11(2)9-14(19)17-5-7-18(8-6-17)15(20)10-12-3-4-13(16)21-12/h3-4,11H,5-10H2,1-2H3. The maximum Gasteiger partial charge on any atom is 0.227 e. The van der Waals surface area contributed by atoms with Gasteiger partial charge in [0, 0.05) is 37.5 Å². The molecule has 1 aromatic rings. The van der Waals surface area contributed by atoms with Crippen molar-refractivity contribution in [1.82, 2.24) is 9.80 Å². The van der Waals surface area contributed by atoms with Gasteiger partial charge in [0.25, 0.3) is 0 Å². The minimum Gasteiger partial charge on any atom is -0.339 e. The lowest BCUT2D eigenvalue weighted by Crippen LogP contribution is -2.51. The van der Waals surface area contributed by atoms with Gasteiger partial charge in [0.2, 0.25) is 11.8 Å². The summed E-state index contributed by atoms with van der Waals surface area (Å²) in [5, 5.41) is 0. The van der Waals surface area contributed by atoms with Gasteiger partial charge >= 0.3 is 0 Å². The number of piperazine rings is 1. The molecule has 0 bridgehead atoms. The molecule has 0 radical (unpaired) electrons. The van der Waals surface area contributed by atoms with Crippen molar-refractivity contribution in [3.63, 3.8) is 0 Å². The van der Waals surface area contributed by atoms with Crippen LogP contribution >= 0.6 is 27.3 Å². The molecule has 0 aliphatic carbocycles. The van der Waals surface area contributed by atoms with Crippen LogP contribution in [0.15, 0.2) is 15.9 Å². The van der Waals surface area contributed by atoms with Crippen molar-refractivity contribution in [2.75, 3.05) is 26.2 Å². The first-order valence-corrected chi connectivity index (χ1v) is 8.86. The van der Waals surface area contributed by atoms with Crippen LogP contribution in [-0.2, 0) is 16.0 Å². The Hall–Kier alpha value is -0.880. The van der Waals surface area contributed by atoms with Gasteiger partial charge in [-0.25, -0.2) is 0 Å². The highest BCUT2D eigenvalue weighted by atomic mass is 79.9. The van der Waals surface area contributed by atoms with Crippen LogP contribution in [0.1, 0.15) is 25.1 Å². The predicted molar refractivity (Wildman–Crippen MR) is 88.3 cm³/mol. The van der Waals surface area contributed by atoms with Crippen LogP contribution in [0.4, 0.5) is 0 Å². The predicted octanol–water partition coefficient (Wildman–Crippen LogP) is 2.77. The van der Waals surface area contributed by atoms with Crippen molar-refractivity contribution in [1.29, 1.82) is 0 Å². The first kappa shape index (κ1) is 16.5. The van der Waals surface area contributed by atoms with Crippen LogP contribution in [-0.4, -0.2) is 47.8 Å². The molecule has 1 fully saturated rings. The lowest BCUT2D eigenvalue weighted by Gasteiger charge is -2.35. The summed E-state index contributed by atoms with van der Waals surface area (Å²) in [6.45, 7) is 6.72. The second-order valence-electron chi connectivity index (χ2n) is 5.74. The number of amides is 2. The fraction of sp³-hybridized carbons (Fsp3) is 0.600. The summed E-state index contributed by atoms with van der Waals surface area (Å²) in [4.78, 5) is 29.1. The summed E-state index contributed by atoms with van der Waals surface area (Å²) in [6.07, 6.45) is 1.05. The summed E-state index contributed by atoms with van der Waals surface area (Å²) >= 11 is 5.01. The monoisotopic (exact) mass is 372 g/mol. The zero-order valence-electron chi connectivity index (χ0n) is 12.5. The molecular weight excluding hydrogens is 352 g/mol. The zero-order chi connectivity index (χ0) is 15.4. The zero-order valence-corrected chi connectivity index (χ0v) is 14.9. The Morgan fingerprint density at radius 2 is 1.71 bits per heavy atom. The molecule has 0 aromatic carbocycles. The van der Waals surface area contributed by atoms with Crippen molar-refractivity contribution < 1.29 is 9.59 Å². The average molecular weight is 373 g/mol. The third-order valence-corrected chi connectivity index (χ3v) is 5.15. The molecule has 4 nitrogen and oxygen atoms in total. The number of carbonyl (C=O) groups is 2. The highest BCUT2D eigenvalue weighted by Gasteiger charge is 2.24. The van der Waals surface area contributed by atoms with E-state index in [1.54, 1.807) is 11.3 Å². The molecule has 0 N–H and O–H groups in total. The molecule has 0 atom stereocenters. The van der Waals surface area contributed by atoms with Gasteiger partial charge in [0.05, 0.1) is 10.2 Å². The summed E-state index contributed by atoms with van der Waals surface area (Å²) in [7, 11) is 0. The molecule has 1 aliphatic heterocycles. The Balaban J connectivity index is 1.80. The minimum atomic E-state index is 0.153. The molecular formula is C15H21BrN2O2S. The summed E-state index contributed by atoms with van der Waals surface area (Å²) < 4.78 is 1.05. The highest BCUT2D eigenvalue weighted by Crippen LogP contribution is 2.23. The largest absolute Gasteiger partial charge is 0.339 e. The van der Waals surface area contributed by atoms with Crippen molar-refractivity contribution in [2.45, 2.75) is 26.7 Å². The smallest absolute Gasteiger partial charge is 0.227 e. The third kappa shape index (κ3) is 4.81. The van der Waals surface area contributed by atoms with Crippen LogP contribution in [0.5, 0.6) is 0 Å². The molecule has 2 amide bonds. The Morgan fingerprint density at radius 1 is 1.14 bits per heavy atom. The van der Waals surface area contributed by atoms with E-state index in [-0.39, 0.29) is 11.8 Å². The molecule has 1 aromatic heterocycles. The van der Waals surface area contributed by atoms with Gasteiger partial charge in [-0.3, -0.25) is 9.59 Å². The Bertz CT molecular complexity index is 508. The van der Waals surface area contributed by atoms with Crippen LogP contribution in [0.2, 0.25) is 0 Å². The third-order valence-electron chi connectivity index (χ3n) is 3.52. The normalized spacial score (nSPS) is 15.6. The molecule has 1 aliphatic rings. The van der Waals surface area contributed by atoms with E-state index in [9.17, 15) is 9.59 Å². The second kappa shape index (κ2) is 7.40. The van der Waals surface area contributed by atoms with Crippen molar-refractivity contribution in [3.05, 3.63) is 20.8 Å². The number of carbonyl (C=O) groups excluding carboxylic acids is 2. The van der Waals surface area contributed by atoms with Crippen molar-refractivity contribution in [3.8, 4) is 0 Å². The topological polar surface area (TPSA) is 40.6 Å². The number of thiophene rings is 1. The number of hydrogen-bond donors (Lipinski definition) is 0. The van der Waals surface area contributed by atoms with E-state index in [1.807, 2.05) is 21.9 Å². The van der Waals surface area contributed by atoms with Gasteiger partial charge in [0.15, 0.2) is 0 Å². The average Bonchev–Trinajstić information content (AvgIpc) is 2.83. The number of hydrogen-bond acceptors (Lipinski definition) is 3. The summed E-state index contributed by atoms with van der Waals surface area (Å²) in [5.41, 5.74) is 0. The van der Waals surface area contributed by atoms with Gasteiger partial charge < -0.3 is 9.80 Å². The van der Waals surface area contributed by atoms with Gasteiger partial charge in [-0.1, -0.05) is 13.8 Å². The fourth-order valence-electron chi connectivity index (χ4n) is 2.39. The SMILES string of the molecule is CC(C)CC(=O)N1CCN(C(=O)Cc2ccc(Br)s2)CC1. The summed E-state index contributed by atoms with van der Waals surface area (Å²) in [5.74, 6) is 0.744. The number of rotatable bonds is 4. The van der Waals surface area contributed by atoms with Crippen LogP contribution < -0.4 is 0 Å². The maximum absolute atomic E-state index is 12.2.